The molecule has 0 spiro atoms. The van der Waals surface area contributed by atoms with Gasteiger partial charge in [0.25, 0.3) is 5.56 Å². The van der Waals surface area contributed by atoms with Gasteiger partial charge in [0.1, 0.15) is 24.1 Å². The number of nitrogens with zero attached hydrogens (tertiary/aromatic N) is 2. The Bertz CT molecular complexity index is 2940. The number of benzene rings is 2. The normalized spacial score (nSPS) is 16.6. The van der Waals surface area contributed by atoms with Crippen LogP contribution in [0.25, 0.3) is 22.3 Å². The zero-order valence-corrected chi connectivity index (χ0v) is 41.3. The summed E-state index contributed by atoms with van der Waals surface area (Å²) in [7, 11) is 0. The first-order chi connectivity index (χ1) is 34.7. The maximum atomic E-state index is 15.4. The third-order valence-electron chi connectivity index (χ3n) is 12.9. The Hall–Kier alpha value is -7.75. The largest absolute Gasteiger partial charge is 0.458 e. The minimum absolute atomic E-state index is 0.00626. The van der Waals surface area contributed by atoms with Gasteiger partial charge >= 0.3 is 12.1 Å². The Morgan fingerprint density at radius 1 is 0.877 bits per heavy atom. The minimum Gasteiger partial charge on any atom is -0.458 e. The number of amides is 7. The van der Waals surface area contributed by atoms with E-state index < -0.39 is 95.9 Å². The number of nitrogens with one attached hydrogen (secondary N) is 7. The van der Waals surface area contributed by atoms with E-state index >= 15 is 4.39 Å². The molecule has 0 radical (unpaired) electrons. The van der Waals surface area contributed by atoms with E-state index in [-0.39, 0.29) is 75.4 Å². The molecule has 2 aromatic heterocycles. The fourth-order valence-corrected chi connectivity index (χ4v) is 9.20. The van der Waals surface area contributed by atoms with Crippen molar-refractivity contribution >= 4 is 58.4 Å². The Labute approximate surface area is 419 Å². The van der Waals surface area contributed by atoms with Crippen molar-refractivity contribution in [3.05, 3.63) is 97.6 Å². The zero-order valence-electron chi connectivity index (χ0n) is 41.3. The average Bonchev–Trinajstić information content (AvgIpc) is 3.72. The number of halogens is 1. The number of alkyl carbamates (subject to hydrolysis) is 1. The van der Waals surface area contributed by atoms with Gasteiger partial charge in [0.15, 0.2) is 5.60 Å². The summed E-state index contributed by atoms with van der Waals surface area (Å²) in [6.07, 6.45) is 0.300. The van der Waals surface area contributed by atoms with Gasteiger partial charge in [-0.05, 0) is 81.7 Å². The molecule has 7 rings (SSSR count). The highest BCUT2D eigenvalue weighted by molar-refractivity contribution is 5.95. The summed E-state index contributed by atoms with van der Waals surface area (Å²) in [6, 6.07) is 10.0. The van der Waals surface area contributed by atoms with Crippen molar-refractivity contribution in [2.24, 2.45) is 0 Å². The van der Waals surface area contributed by atoms with Crippen LogP contribution in [0.4, 0.5) is 9.18 Å². The monoisotopic (exact) mass is 1010 g/mol. The van der Waals surface area contributed by atoms with Gasteiger partial charge in [0, 0.05) is 54.9 Å². The number of ether oxygens (including phenoxy) is 2. The number of hydrogen-bond acceptors (Lipinski definition) is 13. The molecule has 0 saturated carbocycles. The molecule has 0 fully saturated rings. The van der Waals surface area contributed by atoms with Crippen LogP contribution in [-0.2, 0) is 74.6 Å². The predicted molar refractivity (Wildman–Crippen MR) is 261 cm³/mol. The molecule has 22 heteroatoms. The third-order valence-corrected chi connectivity index (χ3v) is 12.9. The van der Waals surface area contributed by atoms with Crippen LogP contribution in [0.1, 0.15) is 105 Å². The topological polar surface area (TPSA) is 294 Å². The van der Waals surface area contributed by atoms with Gasteiger partial charge in [0.2, 0.25) is 35.4 Å². The van der Waals surface area contributed by atoms with E-state index in [9.17, 15) is 48.3 Å². The summed E-state index contributed by atoms with van der Waals surface area (Å²) in [5.41, 5.74) is 1.46. The van der Waals surface area contributed by atoms with E-state index in [0.29, 0.717) is 57.4 Å². The van der Waals surface area contributed by atoms with Crippen molar-refractivity contribution < 1.29 is 57.3 Å². The van der Waals surface area contributed by atoms with Crippen LogP contribution in [-0.4, -0.2) is 107 Å². The number of aromatic nitrogens is 2. The first-order valence-corrected chi connectivity index (χ1v) is 24.2. The van der Waals surface area contributed by atoms with E-state index in [1.807, 2.05) is 0 Å². The molecule has 0 unspecified atom stereocenters. The number of esters is 1. The van der Waals surface area contributed by atoms with Crippen LogP contribution in [0, 0.1) is 12.7 Å². The number of pyridine rings is 2. The van der Waals surface area contributed by atoms with Gasteiger partial charge in [-0.15, -0.1) is 0 Å². The van der Waals surface area contributed by atoms with Crippen molar-refractivity contribution in [3.8, 4) is 11.4 Å². The summed E-state index contributed by atoms with van der Waals surface area (Å²) < 4.78 is 27.2. The quantitative estimate of drug-likeness (QED) is 0.0431. The molecule has 1 aliphatic carbocycles. The molecule has 3 atom stereocenters. The second kappa shape index (κ2) is 22.3. The molecule has 21 nitrogen and oxygen atoms in total. The van der Waals surface area contributed by atoms with Crippen LogP contribution in [0.5, 0.6) is 0 Å². The lowest BCUT2D eigenvalue weighted by Gasteiger charge is -2.31. The summed E-state index contributed by atoms with van der Waals surface area (Å²) in [5, 5.41) is 30.1. The average molecular weight is 1010 g/mol. The summed E-state index contributed by atoms with van der Waals surface area (Å²) >= 11 is 0. The number of aryl methyl sites for hydroxylation is 1. The van der Waals surface area contributed by atoms with Crippen molar-refractivity contribution in [2.75, 3.05) is 32.7 Å². The predicted octanol–water partition coefficient (Wildman–Crippen LogP) is 1.52. The summed E-state index contributed by atoms with van der Waals surface area (Å²) in [6.45, 7) is 6.81. The first kappa shape index (κ1) is 53.1. The number of carbonyl (C=O) groups excluding carboxylic acids is 8. The highest BCUT2D eigenvalue weighted by atomic mass is 19.1. The lowest BCUT2D eigenvalue weighted by molar-refractivity contribution is -0.172. The Balaban J connectivity index is 0.904. The highest BCUT2D eigenvalue weighted by Crippen LogP contribution is 2.46. The third kappa shape index (κ3) is 12.3. The molecule has 0 bridgehead atoms. The lowest BCUT2D eigenvalue weighted by atomic mass is 9.81. The second-order valence-corrected chi connectivity index (χ2v) is 19.2. The van der Waals surface area contributed by atoms with Gasteiger partial charge in [-0.3, -0.25) is 33.6 Å². The molecule has 8 N–H and O–H groups in total. The number of hydrogen-bond donors (Lipinski definition) is 8. The summed E-state index contributed by atoms with van der Waals surface area (Å²) in [4.78, 5) is 121. The molecule has 2 aliphatic heterocycles. The molecule has 4 heterocycles. The maximum Gasteiger partial charge on any atom is 0.407 e. The Kier molecular flexibility index (Phi) is 16.2. The van der Waals surface area contributed by atoms with E-state index in [2.05, 4.69) is 37.2 Å². The second-order valence-electron chi connectivity index (χ2n) is 19.2. The maximum absolute atomic E-state index is 15.4. The minimum atomic E-state index is -2.04. The molecule has 2 aromatic carbocycles. The van der Waals surface area contributed by atoms with Crippen molar-refractivity contribution in [1.29, 1.82) is 0 Å². The van der Waals surface area contributed by atoms with E-state index in [1.165, 1.54) is 10.6 Å². The fraction of sp³-hybridized carbons (Fsp3) is 0.451. The number of fused-ring (bicyclic) bond motifs is 5. The molecule has 388 valence electrons. The van der Waals surface area contributed by atoms with E-state index in [4.69, 9.17) is 14.5 Å². The zero-order chi connectivity index (χ0) is 52.8. The van der Waals surface area contributed by atoms with Crippen LogP contribution in [0.15, 0.2) is 47.3 Å². The van der Waals surface area contributed by atoms with Crippen molar-refractivity contribution in [1.82, 2.24) is 46.8 Å². The van der Waals surface area contributed by atoms with Crippen LogP contribution < -0.4 is 42.8 Å². The van der Waals surface area contributed by atoms with Crippen LogP contribution in [0.3, 0.4) is 0 Å². The highest BCUT2D eigenvalue weighted by Gasteiger charge is 2.46. The smallest absolute Gasteiger partial charge is 0.407 e. The fourth-order valence-electron chi connectivity index (χ4n) is 9.20. The van der Waals surface area contributed by atoms with Crippen LogP contribution >= 0.6 is 0 Å². The molecule has 73 heavy (non-hydrogen) atoms. The standard InChI is InChI=1S/C51H60FN9O12/c1-6-51(71)32-20-37-45-30(25-61(37)47(68)31(32)26-72-48(51)69)44-34(15-14-29-27(2)33(52)21-35(60-45)43(29)44)58-39(63)13-10-17-53-40(64)23-57-46(67)36(19-28-11-8-7-9-12-28)59-42(66)24-56-41(65)22-55-38(62)16-18-54-49(70)73-50(3,4)5/h7-9,11-12,20-21,34,36,71H,6,10,13-19,22-26H2,1-5H3,(H,53,64)(H,54,70)(H,55,62)(H,56,65)(H,57,67)(H,58,63)(H,59,66)/t34-,36-,51-/m0/s1. The molecule has 0 saturated heterocycles. The lowest BCUT2D eigenvalue weighted by Crippen LogP contribution is -2.52. The Morgan fingerprint density at radius 3 is 2.30 bits per heavy atom. The first-order valence-electron chi connectivity index (χ1n) is 24.2. The van der Waals surface area contributed by atoms with Gasteiger partial charge in [-0.25, -0.2) is 19.0 Å². The van der Waals surface area contributed by atoms with E-state index in [1.54, 1.807) is 71.0 Å². The number of cyclic esters (lactones) is 1. The van der Waals surface area contributed by atoms with Crippen molar-refractivity contribution in [3.63, 3.8) is 0 Å². The van der Waals surface area contributed by atoms with Gasteiger partial charge in [0.05, 0.1) is 54.7 Å². The molecular formula is C51H60FN9O12. The molecule has 4 aromatic rings. The molecule has 3 aliphatic rings. The summed E-state index contributed by atoms with van der Waals surface area (Å²) in [5.74, 6) is -4.78. The van der Waals surface area contributed by atoms with E-state index in [0.717, 1.165) is 5.56 Å². The van der Waals surface area contributed by atoms with Gasteiger partial charge < -0.3 is 56.4 Å². The number of aliphatic hydroxyl groups is 1. The number of rotatable bonds is 19. The van der Waals surface area contributed by atoms with Gasteiger partial charge in [-0.2, -0.15) is 0 Å². The van der Waals surface area contributed by atoms with Crippen LogP contribution in [0.2, 0.25) is 0 Å². The molecule has 7 amide bonds. The number of carbonyl (C=O) groups is 8. The van der Waals surface area contributed by atoms with Gasteiger partial charge in [-0.1, -0.05) is 37.3 Å². The SMILES string of the molecule is CC[C@@]1(O)C(=O)OCc2c1cc1n(c2=O)Cc2c-1nc1cc(F)c(C)c3c1c2[C@@H](NC(=O)CCCNC(=O)CNC(=O)[C@H](Cc1ccccc1)NC(=O)CNC(=O)CNC(=O)CCNC(=O)OC(C)(C)C)CC3. The van der Waals surface area contributed by atoms with Crippen molar-refractivity contribution in [2.45, 2.75) is 116 Å². The Morgan fingerprint density at radius 2 is 1.58 bits per heavy atom. The molecular weight excluding hydrogens is 950 g/mol.